The molecule has 0 spiro atoms. The molecule has 0 bridgehead atoms. The lowest BCUT2D eigenvalue weighted by molar-refractivity contribution is 0.193. The molecule has 1 saturated heterocycles. The number of hydrogen-bond donors (Lipinski definition) is 1. The molecule has 3 aromatic rings. The van der Waals surface area contributed by atoms with Crippen LogP contribution in [-0.2, 0) is 0 Å². The van der Waals surface area contributed by atoms with Gasteiger partial charge in [-0.05, 0) is 43.2 Å². The third-order valence-corrected chi connectivity index (χ3v) is 5.23. The number of aromatic nitrogens is 2. The van der Waals surface area contributed by atoms with Crippen LogP contribution >= 0.6 is 11.6 Å². The molecule has 1 unspecified atom stereocenters. The first-order valence-corrected chi connectivity index (χ1v) is 9.86. The van der Waals surface area contributed by atoms with Gasteiger partial charge in [0.05, 0.1) is 25.5 Å². The SMILES string of the molecule is COc1ccc(Cl)cc1NC(=O)N1CCCC1c1nc(-c2ccccc2OC)no1. The lowest BCUT2D eigenvalue weighted by atomic mass is 10.2. The summed E-state index contributed by atoms with van der Waals surface area (Å²) in [6.45, 7) is 0.575. The number of rotatable bonds is 5. The zero-order valence-corrected chi connectivity index (χ0v) is 17.3. The highest BCUT2D eigenvalue weighted by Gasteiger charge is 2.34. The number of nitrogens with one attached hydrogen (secondary N) is 1. The van der Waals surface area contributed by atoms with Crippen molar-refractivity contribution in [2.75, 3.05) is 26.1 Å². The van der Waals surface area contributed by atoms with E-state index in [1.54, 1.807) is 30.2 Å². The Morgan fingerprint density at radius 2 is 2.00 bits per heavy atom. The minimum Gasteiger partial charge on any atom is -0.496 e. The van der Waals surface area contributed by atoms with Crippen LogP contribution in [0.5, 0.6) is 11.5 Å². The molecule has 2 aromatic carbocycles. The van der Waals surface area contributed by atoms with E-state index in [2.05, 4.69) is 15.5 Å². The normalized spacial score (nSPS) is 15.8. The first kappa shape index (κ1) is 20.0. The molecule has 0 saturated carbocycles. The summed E-state index contributed by atoms with van der Waals surface area (Å²) in [5.41, 5.74) is 1.23. The third-order valence-electron chi connectivity index (χ3n) is 4.99. The number of ether oxygens (including phenoxy) is 2. The molecule has 0 aliphatic carbocycles. The van der Waals surface area contributed by atoms with Gasteiger partial charge in [-0.15, -0.1) is 0 Å². The second-order valence-electron chi connectivity index (χ2n) is 6.78. The van der Waals surface area contributed by atoms with Crippen LogP contribution in [0.25, 0.3) is 11.4 Å². The maximum atomic E-state index is 13.0. The van der Waals surface area contributed by atoms with Gasteiger partial charge in [-0.3, -0.25) is 0 Å². The van der Waals surface area contributed by atoms with Gasteiger partial charge in [-0.25, -0.2) is 4.79 Å². The van der Waals surface area contributed by atoms with Crippen molar-refractivity contribution in [3.63, 3.8) is 0 Å². The highest BCUT2D eigenvalue weighted by atomic mass is 35.5. The largest absolute Gasteiger partial charge is 0.496 e. The van der Waals surface area contributed by atoms with E-state index < -0.39 is 0 Å². The summed E-state index contributed by atoms with van der Waals surface area (Å²) in [7, 11) is 3.13. The third kappa shape index (κ3) is 3.91. The predicted molar refractivity (Wildman–Crippen MR) is 112 cm³/mol. The van der Waals surface area contributed by atoms with E-state index in [0.29, 0.717) is 40.5 Å². The fraction of sp³-hybridized carbons (Fsp3) is 0.286. The van der Waals surface area contributed by atoms with Crippen LogP contribution in [0.4, 0.5) is 10.5 Å². The molecule has 0 radical (unpaired) electrons. The highest BCUT2D eigenvalue weighted by Crippen LogP contribution is 2.35. The van der Waals surface area contributed by atoms with Crippen molar-refractivity contribution in [1.29, 1.82) is 0 Å². The van der Waals surface area contributed by atoms with E-state index in [-0.39, 0.29) is 12.1 Å². The van der Waals surface area contributed by atoms with Crippen LogP contribution < -0.4 is 14.8 Å². The van der Waals surface area contributed by atoms with Gasteiger partial charge in [-0.1, -0.05) is 28.9 Å². The van der Waals surface area contributed by atoms with Crippen molar-refractivity contribution in [3.05, 3.63) is 53.4 Å². The van der Waals surface area contributed by atoms with E-state index in [0.717, 1.165) is 18.4 Å². The van der Waals surface area contributed by atoms with Crippen molar-refractivity contribution in [1.82, 2.24) is 15.0 Å². The average molecular weight is 429 g/mol. The van der Waals surface area contributed by atoms with Crippen LogP contribution in [0.2, 0.25) is 5.02 Å². The van der Waals surface area contributed by atoms with E-state index in [1.165, 1.54) is 7.11 Å². The first-order chi connectivity index (χ1) is 14.6. The summed E-state index contributed by atoms with van der Waals surface area (Å²) >= 11 is 6.06. The Labute approximate surface area is 178 Å². The summed E-state index contributed by atoms with van der Waals surface area (Å²) in [4.78, 5) is 19.2. The van der Waals surface area contributed by atoms with Gasteiger partial charge >= 0.3 is 6.03 Å². The van der Waals surface area contributed by atoms with Crippen molar-refractivity contribution in [2.45, 2.75) is 18.9 Å². The molecular weight excluding hydrogens is 408 g/mol. The minimum atomic E-state index is -0.314. The number of anilines is 1. The van der Waals surface area contributed by atoms with Crippen molar-refractivity contribution >= 4 is 23.3 Å². The Hall–Kier alpha value is -3.26. The maximum Gasteiger partial charge on any atom is 0.322 e. The van der Waals surface area contributed by atoms with Crippen LogP contribution in [0.3, 0.4) is 0 Å². The molecule has 1 N–H and O–H groups in total. The first-order valence-electron chi connectivity index (χ1n) is 9.49. The fourth-order valence-corrected chi connectivity index (χ4v) is 3.71. The van der Waals surface area contributed by atoms with Gasteiger partial charge in [-0.2, -0.15) is 4.98 Å². The van der Waals surface area contributed by atoms with E-state index in [1.807, 2.05) is 24.3 Å². The lowest BCUT2D eigenvalue weighted by Gasteiger charge is -2.23. The number of likely N-dealkylation sites (tertiary alicyclic amines) is 1. The Balaban J connectivity index is 1.55. The number of halogens is 1. The zero-order valence-electron chi connectivity index (χ0n) is 16.6. The number of carbonyl (C=O) groups excluding carboxylic acids is 1. The molecule has 4 rings (SSSR count). The molecule has 1 aliphatic rings. The van der Waals surface area contributed by atoms with E-state index in [9.17, 15) is 4.79 Å². The molecule has 156 valence electrons. The monoisotopic (exact) mass is 428 g/mol. The summed E-state index contributed by atoms with van der Waals surface area (Å²) in [5.74, 6) is 1.99. The van der Waals surface area contributed by atoms with E-state index in [4.69, 9.17) is 25.6 Å². The molecule has 8 nitrogen and oxygen atoms in total. The summed E-state index contributed by atoms with van der Waals surface area (Å²) in [6.07, 6.45) is 1.56. The number of nitrogens with zero attached hydrogens (tertiary/aromatic N) is 3. The Kier molecular flexibility index (Phi) is 5.76. The van der Waals surface area contributed by atoms with Crippen molar-refractivity contribution < 1.29 is 18.8 Å². The Bertz CT molecular complexity index is 1050. The quantitative estimate of drug-likeness (QED) is 0.629. The topological polar surface area (TPSA) is 89.7 Å². The molecule has 1 fully saturated rings. The molecule has 1 aromatic heterocycles. The number of carbonyl (C=O) groups is 1. The Morgan fingerprint density at radius 1 is 1.20 bits per heavy atom. The molecule has 9 heteroatoms. The molecule has 30 heavy (non-hydrogen) atoms. The van der Waals surface area contributed by atoms with Gasteiger partial charge in [0.15, 0.2) is 0 Å². The van der Waals surface area contributed by atoms with Crippen molar-refractivity contribution in [3.8, 4) is 22.9 Å². The number of hydrogen-bond acceptors (Lipinski definition) is 6. The van der Waals surface area contributed by atoms with Crippen LogP contribution in [-0.4, -0.2) is 41.8 Å². The van der Waals surface area contributed by atoms with Crippen LogP contribution in [0.15, 0.2) is 47.0 Å². The van der Waals surface area contributed by atoms with Gasteiger partial charge in [0.1, 0.15) is 17.5 Å². The summed E-state index contributed by atoms with van der Waals surface area (Å²) in [5, 5.41) is 7.47. The number of benzene rings is 2. The molecule has 1 aliphatic heterocycles. The van der Waals surface area contributed by atoms with Gasteiger partial charge in [0.25, 0.3) is 0 Å². The minimum absolute atomic E-state index is 0.282. The second-order valence-corrected chi connectivity index (χ2v) is 7.22. The number of methoxy groups -OCH3 is 2. The lowest BCUT2D eigenvalue weighted by Crippen LogP contribution is -2.34. The van der Waals surface area contributed by atoms with Gasteiger partial charge in [0, 0.05) is 11.6 Å². The molecular formula is C21H21ClN4O4. The number of urea groups is 1. The van der Waals surface area contributed by atoms with E-state index >= 15 is 0 Å². The highest BCUT2D eigenvalue weighted by molar-refractivity contribution is 6.31. The summed E-state index contributed by atoms with van der Waals surface area (Å²) < 4.78 is 16.2. The number of amides is 2. The van der Waals surface area contributed by atoms with Crippen LogP contribution in [0, 0.1) is 0 Å². The molecule has 1 atom stereocenters. The van der Waals surface area contributed by atoms with Gasteiger partial charge < -0.3 is 24.2 Å². The Morgan fingerprint density at radius 3 is 2.80 bits per heavy atom. The molecule has 2 heterocycles. The van der Waals surface area contributed by atoms with Crippen LogP contribution in [0.1, 0.15) is 24.8 Å². The average Bonchev–Trinajstić information content (AvgIpc) is 3.43. The smallest absolute Gasteiger partial charge is 0.322 e. The van der Waals surface area contributed by atoms with Crippen molar-refractivity contribution in [2.24, 2.45) is 0 Å². The summed E-state index contributed by atoms with van der Waals surface area (Å²) in [6, 6.07) is 11.9. The fourth-order valence-electron chi connectivity index (χ4n) is 3.54. The molecule has 2 amide bonds. The maximum absolute atomic E-state index is 13.0. The number of para-hydroxylation sites is 1. The second kappa shape index (κ2) is 8.62. The predicted octanol–water partition coefficient (Wildman–Crippen LogP) is 4.78. The van der Waals surface area contributed by atoms with Gasteiger partial charge in [0.2, 0.25) is 11.7 Å². The zero-order chi connectivity index (χ0) is 21.1. The standard InChI is InChI=1S/C21H21ClN4O4/c1-28-17-8-4-3-6-14(17)19-24-20(30-25-19)16-7-5-11-26(16)21(27)23-15-12-13(22)9-10-18(15)29-2/h3-4,6,8-10,12,16H,5,7,11H2,1-2H3,(H,23,27).